The van der Waals surface area contributed by atoms with Gasteiger partial charge in [-0.2, -0.15) is 0 Å². The van der Waals surface area contributed by atoms with Gasteiger partial charge in [0.15, 0.2) is 0 Å². The Bertz CT molecular complexity index is 3680. The van der Waals surface area contributed by atoms with Crippen LogP contribution in [0.2, 0.25) is 0 Å². The van der Waals surface area contributed by atoms with E-state index in [1.807, 2.05) is 0 Å². The maximum Gasteiger partial charge on any atom is 0.138 e. The van der Waals surface area contributed by atoms with Crippen molar-refractivity contribution in [3.8, 4) is 56.3 Å². The summed E-state index contributed by atoms with van der Waals surface area (Å²) < 4.78 is 11.8. The van der Waals surface area contributed by atoms with Crippen LogP contribution < -0.4 is 4.74 Å². The number of nitrogens with zero attached hydrogens (tertiary/aromatic N) is 2. The average molecular weight is 751 g/mol. The molecule has 0 atom stereocenters. The summed E-state index contributed by atoms with van der Waals surface area (Å²) in [6, 6.07) is 74.8. The number of rotatable bonds is 4. The van der Waals surface area contributed by atoms with E-state index in [1.54, 1.807) is 0 Å². The molecule has 10 aromatic carbocycles. The number of aromatic nitrogens is 2. The minimum atomic E-state index is 0.871. The third-order valence-corrected chi connectivity index (χ3v) is 12.5. The summed E-state index contributed by atoms with van der Waals surface area (Å²) in [5, 5.41) is 9.81. The Morgan fingerprint density at radius 3 is 1.78 bits per heavy atom. The molecule has 0 fully saturated rings. The SMILES string of the molecule is c1ccc(-c2ccc3c(c2)c2ccccc2n3-c2ccc(-c3ccc4c(c3)Oc3cc5c(c6cccc-4c36)c3ccccc3n5-c3ccc4ccccc4c3)cc2)cc1. The molecule has 3 heterocycles. The molecule has 0 amide bonds. The third kappa shape index (κ3) is 4.76. The van der Waals surface area contributed by atoms with Gasteiger partial charge in [0.2, 0.25) is 0 Å². The highest BCUT2D eigenvalue weighted by Crippen LogP contribution is 2.51. The van der Waals surface area contributed by atoms with Crippen LogP contribution in [-0.4, -0.2) is 9.13 Å². The van der Waals surface area contributed by atoms with E-state index in [1.165, 1.54) is 70.9 Å². The van der Waals surface area contributed by atoms with Gasteiger partial charge in [-0.1, -0.05) is 140 Å². The fourth-order valence-corrected chi connectivity index (χ4v) is 9.79. The van der Waals surface area contributed by atoms with Crippen molar-refractivity contribution in [2.24, 2.45) is 0 Å². The summed E-state index contributed by atoms with van der Waals surface area (Å²) in [7, 11) is 0. The van der Waals surface area contributed by atoms with Crippen molar-refractivity contribution < 1.29 is 4.74 Å². The molecule has 3 heteroatoms. The van der Waals surface area contributed by atoms with Gasteiger partial charge in [-0.25, -0.2) is 0 Å². The van der Waals surface area contributed by atoms with Gasteiger partial charge >= 0.3 is 0 Å². The van der Waals surface area contributed by atoms with Gasteiger partial charge in [0.05, 0.1) is 22.1 Å². The van der Waals surface area contributed by atoms with Gasteiger partial charge in [-0.3, -0.25) is 0 Å². The van der Waals surface area contributed by atoms with Crippen LogP contribution in [-0.2, 0) is 0 Å². The van der Waals surface area contributed by atoms with E-state index in [0.717, 1.165) is 50.5 Å². The maximum atomic E-state index is 6.98. The van der Waals surface area contributed by atoms with Crippen LogP contribution in [0.4, 0.5) is 0 Å². The number of benzene rings is 10. The van der Waals surface area contributed by atoms with Gasteiger partial charge in [-0.05, 0) is 105 Å². The van der Waals surface area contributed by atoms with Crippen molar-refractivity contribution in [3.63, 3.8) is 0 Å². The van der Waals surface area contributed by atoms with E-state index in [-0.39, 0.29) is 0 Å². The lowest BCUT2D eigenvalue weighted by atomic mass is 9.91. The molecule has 0 saturated heterocycles. The lowest BCUT2D eigenvalue weighted by molar-refractivity contribution is 0.488. The van der Waals surface area contributed by atoms with Crippen LogP contribution in [0.15, 0.2) is 206 Å². The topological polar surface area (TPSA) is 19.1 Å². The molecule has 0 spiro atoms. The van der Waals surface area contributed by atoms with Crippen LogP contribution in [0.25, 0.3) is 110 Å². The summed E-state index contributed by atoms with van der Waals surface area (Å²) in [5.41, 5.74) is 14.0. The van der Waals surface area contributed by atoms with Crippen LogP contribution in [0.5, 0.6) is 11.5 Å². The number of fused-ring (bicyclic) bond motifs is 10. The largest absolute Gasteiger partial charge is 0.456 e. The summed E-state index contributed by atoms with van der Waals surface area (Å²) in [5.74, 6) is 1.76. The fourth-order valence-electron chi connectivity index (χ4n) is 9.79. The smallest absolute Gasteiger partial charge is 0.138 e. The highest BCUT2D eigenvalue weighted by atomic mass is 16.5. The molecule has 2 aromatic heterocycles. The molecule has 0 bridgehead atoms. The first-order chi connectivity index (χ1) is 29.2. The normalized spacial score (nSPS) is 12.2. The number of ether oxygens (including phenoxy) is 1. The van der Waals surface area contributed by atoms with Crippen LogP contribution >= 0.6 is 0 Å². The van der Waals surface area contributed by atoms with Crippen molar-refractivity contribution in [1.82, 2.24) is 9.13 Å². The van der Waals surface area contributed by atoms with Gasteiger partial charge in [0.1, 0.15) is 11.5 Å². The second-order valence-corrected chi connectivity index (χ2v) is 15.7. The highest BCUT2D eigenvalue weighted by Gasteiger charge is 2.25. The molecular weight excluding hydrogens is 717 g/mol. The third-order valence-electron chi connectivity index (χ3n) is 12.5. The van der Waals surface area contributed by atoms with E-state index in [0.29, 0.717) is 0 Å². The monoisotopic (exact) mass is 750 g/mol. The Morgan fingerprint density at radius 2 is 0.915 bits per heavy atom. The summed E-state index contributed by atoms with van der Waals surface area (Å²) in [6.07, 6.45) is 0. The van der Waals surface area contributed by atoms with Crippen molar-refractivity contribution in [1.29, 1.82) is 0 Å². The van der Waals surface area contributed by atoms with Gasteiger partial charge in [-0.15, -0.1) is 0 Å². The molecule has 0 N–H and O–H groups in total. The quantitative estimate of drug-likeness (QED) is 0.175. The number of hydrogen-bond donors (Lipinski definition) is 0. The minimum Gasteiger partial charge on any atom is -0.456 e. The first-order valence-electron chi connectivity index (χ1n) is 20.2. The predicted molar refractivity (Wildman–Crippen MR) is 247 cm³/mol. The van der Waals surface area contributed by atoms with Crippen LogP contribution in [0.1, 0.15) is 0 Å². The molecule has 1 aliphatic rings. The van der Waals surface area contributed by atoms with Gasteiger partial charge in [0, 0.05) is 49.9 Å². The lowest BCUT2D eigenvalue weighted by Gasteiger charge is -2.23. The Morgan fingerprint density at radius 1 is 0.288 bits per heavy atom. The van der Waals surface area contributed by atoms with Crippen molar-refractivity contribution in [3.05, 3.63) is 206 Å². The molecule has 59 heavy (non-hydrogen) atoms. The van der Waals surface area contributed by atoms with Crippen molar-refractivity contribution in [2.45, 2.75) is 0 Å². The molecular formula is C56H34N2O. The van der Waals surface area contributed by atoms with E-state index >= 15 is 0 Å². The Kier molecular flexibility index (Phi) is 6.72. The maximum absolute atomic E-state index is 6.98. The number of hydrogen-bond acceptors (Lipinski definition) is 1. The molecule has 0 unspecified atom stereocenters. The van der Waals surface area contributed by atoms with Crippen LogP contribution in [0, 0.1) is 0 Å². The Balaban J connectivity index is 0.918. The molecule has 0 aliphatic carbocycles. The van der Waals surface area contributed by atoms with E-state index in [4.69, 9.17) is 4.74 Å². The summed E-state index contributed by atoms with van der Waals surface area (Å²) >= 11 is 0. The van der Waals surface area contributed by atoms with E-state index in [2.05, 4.69) is 215 Å². The zero-order valence-electron chi connectivity index (χ0n) is 31.9. The zero-order chi connectivity index (χ0) is 38.6. The minimum absolute atomic E-state index is 0.871. The second kappa shape index (κ2) is 12.3. The summed E-state index contributed by atoms with van der Waals surface area (Å²) in [4.78, 5) is 0. The number of para-hydroxylation sites is 2. The first kappa shape index (κ1) is 32.2. The molecule has 0 saturated carbocycles. The van der Waals surface area contributed by atoms with Gasteiger partial charge in [0.25, 0.3) is 0 Å². The second-order valence-electron chi connectivity index (χ2n) is 15.7. The predicted octanol–water partition coefficient (Wildman–Crippen LogP) is 15.3. The zero-order valence-corrected chi connectivity index (χ0v) is 31.9. The molecule has 3 nitrogen and oxygen atoms in total. The molecule has 1 aliphatic heterocycles. The van der Waals surface area contributed by atoms with E-state index in [9.17, 15) is 0 Å². The van der Waals surface area contributed by atoms with E-state index < -0.39 is 0 Å². The van der Waals surface area contributed by atoms with Crippen molar-refractivity contribution >= 4 is 65.2 Å². The molecule has 0 radical (unpaired) electrons. The summed E-state index contributed by atoms with van der Waals surface area (Å²) in [6.45, 7) is 0. The molecule has 12 aromatic rings. The molecule has 13 rings (SSSR count). The average Bonchev–Trinajstić information content (AvgIpc) is 3.81. The molecule has 274 valence electrons. The lowest BCUT2D eigenvalue weighted by Crippen LogP contribution is -1.99. The van der Waals surface area contributed by atoms with Crippen molar-refractivity contribution in [2.75, 3.05) is 0 Å². The Hall–Kier alpha value is -7.88. The van der Waals surface area contributed by atoms with Gasteiger partial charge < -0.3 is 13.9 Å². The standard InChI is InChI=1S/C56H34N2O/c1-2-11-35(12-3-1)39-25-30-51-48(32-39)43-15-6-8-19-49(43)57(51)41-26-21-37(22-27-41)40-24-29-44-45-17-10-18-47-55-46-16-7-9-20-50(46)58(42-28-23-36-13-4-5-14-38(36)31-42)52(55)34-54(56(45)47)59-53(44)33-40/h1-34H. The highest BCUT2D eigenvalue weighted by molar-refractivity contribution is 6.25. The van der Waals surface area contributed by atoms with Crippen LogP contribution in [0.3, 0.4) is 0 Å². The first-order valence-corrected chi connectivity index (χ1v) is 20.2. The fraction of sp³-hybridized carbons (Fsp3) is 0. The Labute approximate surface area is 340 Å².